The first-order valence-electron chi connectivity index (χ1n) is 9.31. The summed E-state index contributed by atoms with van der Waals surface area (Å²) >= 11 is 0. The molecule has 0 saturated carbocycles. The predicted octanol–water partition coefficient (Wildman–Crippen LogP) is 1.91. The van der Waals surface area contributed by atoms with Gasteiger partial charge in [-0.2, -0.15) is 0 Å². The smallest absolute Gasteiger partial charge is 0.329 e. The SMILES string of the molecule is Cc1ccc(N2C(=O)N[C@@H]3CCN(C(=O)CC(C)(C)CC(=O)O)[C@H]3C2=O)cc1. The van der Waals surface area contributed by atoms with Crippen molar-refractivity contribution in [3.05, 3.63) is 29.8 Å². The van der Waals surface area contributed by atoms with E-state index in [2.05, 4.69) is 5.32 Å². The normalized spacial score (nSPS) is 22.1. The lowest BCUT2D eigenvalue weighted by molar-refractivity contribution is -0.143. The molecule has 2 aliphatic rings. The summed E-state index contributed by atoms with van der Waals surface area (Å²) in [4.78, 5) is 52.1. The molecule has 2 fully saturated rings. The van der Waals surface area contributed by atoms with Crippen molar-refractivity contribution in [3.63, 3.8) is 0 Å². The lowest BCUT2D eigenvalue weighted by Crippen LogP contribution is -2.65. The zero-order valence-electron chi connectivity index (χ0n) is 16.3. The second-order valence-electron chi connectivity index (χ2n) is 8.30. The van der Waals surface area contributed by atoms with Crippen LogP contribution in [0.5, 0.6) is 0 Å². The Balaban J connectivity index is 1.81. The van der Waals surface area contributed by atoms with Gasteiger partial charge in [0.25, 0.3) is 5.91 Å². The Bertz CT molecular complexity index is 818. The van der Waals surface area contributed by atoms with Crippen LogP contribution in [0.1, 0.15) is 38.7 Å². The highest BCUT2D eigenvalue weighted by Crippen LogP contribution is 2.31. The van der Waals surface area contributed by atoms with E-state index in [1.807, 2.05) is 19.1 Å². The molecule has 8 nitrogen and oxygen atoms in total. The first kappa shape index (κ1) is 19.9. The highest BCUT2D eigenvalue weighted by atomic mass is 16.4. The molecule has 2 atom stereocenters. The van der Waals surface area contributed by atoms with Crippen LogP contribution in [0, 0.1) is 12.3 Å². The molecule has 2 N–H and O–H groups in total. The van der Waals surface area contributed by atoms with Crippen molar-refractivity contribution >= 4 is 29.5 Å². The number of aliphatic carboxylic acids is 1. The van der Waals surface area contributed by atoms with Crippen LogP contribution in [0.2, 0.25) is 0 Å². The number of imide groups is 1. The van der Waals surface area contributed by atoms with Crippen molar-refractivity contribution in [2.24, 2.45) is 5.41 Å². The molecule has 2 heterocycles. The van der Waals surface area contributed by atoms with Gasteiger partial charge in [0, 0.05) is 13.0 Å². The van der Waals surface area contributed by atoms with Gasteiger partial charge in [0.1, 0.15) is 6.04 Å². The first-order valence-corrected chi connectivity index (χ1v) is 9.31. The van der Waals surface area contributed by atoms with Crippen LogP contribution in [0.3, 0.4) is 0 Å². The Labute approximate surface area is 163 Å². The standard InChI is InChI=1S/C20H25N3O5/c1-12-4-6-13(7-5-12)23-18(27)17-14(21-19(23)28)8-9-22(17)15(24)10-20(2,3)11-16(25)26/h4-7,14,17H,8-11H2,1-3H3,(H,21,28)(H,25,26)/t14-,17-/m1/s1. The van der Waals surface area contributed by atoms with Gasteiger partial charge < -0.3 is 15.3 Å². The number of carboxylic acids is 1. The molecule has 8 heteroatoms. The molecule has 2 aliphatic heterocycles. The van der Waals surface area contributed by atoms with Crippen LogP contribution in [0.15, 0.2) is 24.3 Å². The van der Waals surface area contributed by atoms with Crippen LogP contribution in [-0.2, 0) is 14.4 Å². The second kappa shape index (κ2) is 7.26. The molecule has 0 unspecified atom stereocenters. The number of carboxylic acid groups (broad SMARTS) is 1. The van der Waals surface area contributed by atoms with Crippen LogP contribution >= 0.6 is 0 Å². The fraction of sp³-hybridized carbons (Fsp3) is 0.500. The third-order valence-electron chi connectivity index (χ3n) is 5.26. The molecular weight excluding hydrogens is 362 g/mol. The van der Waals surface area contributed by atoms with Gasteiger partial charge in [-0.3, -0.25) is 14.4 Å². The molecule has 4 amide bonds. The number of nitrogens with zero attached hydrogens (tertiary/aromatic N) is 2. The minimum Gasteiger partial charge on any atom is -0.481 e. The van der Waals surface area contributed by atoms with E-state index >= 15 is 0 Å². The fourth-order valence-electron chi connectivity index (χ4n) is 3.91. The zero-order valence-corrected chi connectivity index (χ0v) is 16.3. The maximum Gasteiger partial charge on any atom is 0.329 e. The Hall–Kier alpha value is -2.90. The number of likely N-dealkylation sites (tertiary alicyclic amines) is 1. The van der Waals surface area contributed by atoms with Crippen molar-refractivity contribution in [1.29, 1.82) is 0 Å². The molecule has 0 radical (unpaired) electrons. The van der Waals surface area contributed by atoms with Crippen LogP contribution < -0.4 is 10.2 Å². The Morgan fingerprint density at radius 3 is 2.43 bits per heavy atom. The highest BCUT2D eigenvalue weighted by molar-refractivity contribution is 6.19. The van der Waals surface area contributed by atoms with Gasteiger partial charge in [-0.05, 0) is 30.9 Å². The van der Waals surface area contributed by atoms with Gasteiger partial charge in [-0.15, -0.1) is 0 Å². The maximum atomic E-state index is 13.1. The number of anilines is 1. The predicted molar refractivity (Wildman–Crippen MR) is 102 cm³/mol. The molecule has 0 bridgehead atoms. The van der Waals surface area contributed by atoms with E-state index in [1.54, 1.807) is 26.0 Å². The summed E-state index contributed by atoms with van der Waals surface area (Å²) in [5.74, 6) is -1.67. The number of nitrogens with one attached hydrogen (secondary N) is 1. The fourth-order valence-corrected chi connectivity index (χ4v) is 3.91. The molecule has 0 spiro atoms. The number of aryl methyl sites for hydroxylation is 1. The first-order chi connectivity index (χ1) is 13.1. The summed E-state index contributed by atoms with van der Waals surface area (Å²) in [7, 11) is 0. The summed E-state index contributed by atoms with van der Waals surface area (Å²) in [6.45, 7) is 5.70. The molecule has 0 aromatic heterocycles. The summed E-state index contributed by atoms with van der Waals surface area (Å²) in [6.07, 6.45) is 0.379. The number of amides is 4. The molecule has 28 heavy (non-hydrogen) atoms. The number of rotatable bonds is 5. The summed E-state index contributed by atoms with van der Waals surface area (Å²) < 4.78 is 0. The Morgan fingerprint density at radius 1 is 1.18 bits per heavy atom. The maximum absolute atomic E-state index is 13.1. The lowest BCUT2D eigenvalue weighted by Gasteiger charge is -2.37. The average molecular weight is 387 g/mol. The summed E-state index contributed by atoms with van der Waals surface area (Å²) in [5, 5.41) is 11.9. The molecule has 0 aliphatic carbocycles. The molecule has 2 saturated heterocycles. The van der Waals surface area contributed by atoms with Crippen LogP contribution in [0.25, 0.3) is 0 Å². The van der Waals surface area contributed by atoms with Crippen molar-refractivity contribution < 1.29 is 24.3 Å². The van der Waals surface area contributed by atoms with Gasteiger partial charge in [-0.25, -0.2) is 9.69 Å². The monoisotopic (exact) mass is 387 g/mol. The van der Waals surface area contributed by atoms with Crippen LogP contribution in [-0.4, -0.2) is 52.4 Å². The number of hydrogen-bond donors (Lipinski definition) is 2. The van der Waals surface area contributed by atoms with E-state index in [9.17, 15) is 19.2 Å². The van der Waals surface area contributed by atoms with Gasteiger partial charge in [0.15, 0.2) is 0 Å². The molecule has 1 aromatic rings. The third-order valence-corrected chi connectivity index (χ3v) is 5.26. The van der Waals surface area contributed by atoms with E-state index in [-0.39, 0.29) is 18.7 Å². The van der Waals surface area contributed by atoms with E-state index in [0.29, 0.717) is 18.7 Å². The quantitative estimate of drug-likeness (QED) is 0.803. The lowest BCUT2D eigenvalue weighted by atomic mass is 9.85. The highest BCUT2D eigenvalue weighted by Gasteiger charge is 2.50. The molecule has 150 valence electrons. The van der Waals surface area contributed by atoms with Gasteiger partial charge in [-0.1, -0.05) is 31.5 Å². The minimum atomic E-state index is -0.969. The van der Waals surface area contributed by atoms with E-state index in [0.717, 1.165) is 10.5 Å². The van der Waals surface area contributed by atoms with Crippen molar-refractivity contribution in [3.8, 4) is 0 Å². The topological polar surface area (TPSA) is 107 Å². The summed E-state index contributed by atoms with van der Waals surface area (Å²) in [5.41, 5.74) is 0.736. The number of urea groups is 1. The van der Waals surface area contributed by atoms with E-state index in [4.69, 9.17) is 5.11 Å². The number of carbonyl (C=O) groups excluding carboxylic acids is 3. The number of hydrogen-bond acceptors (Lipinski definition) is 4. The second-order valence-corrected chi connectivity index (χ2v) is 8.30. The van der Waals surface area contributed by atoms with Gasteiger partial charge in [0.2, 0.25) is 5.91 Å². The average Bonchev–Trinajstić information content (AvgIpc) is 2.99. The molecule has 1 aromatic carbocycles. The van der Waals surface area contributed by atoms with E-state index < -0.39 is 35.4 Å². The molecule has 3 rings (SSSR count). The Kier molecular flexibility index (Phi) is 5.14. The van der Waals surface area contributed by atoms with Crippen molar-refractivity contribution in [2.75, 3.05) is 11.4 Å². The number of fused-ring (bicyclic) bond motifs is 1. The van der Waals surface area contributed by atoms with Gasteiger partial charge in [0.05, 0.1) is 18.2 Å². The van der Waals surface area contributed by atoms with Crippen LogP contribution in [0.4, 0.5) is 10.5 Å². The van der Waals surface area contributed by atoms with E-state index in [1.165, 1.54) is 4.90 Å². The zero-order chi connectivity index (χ0) is 20.6. The van der Waals surface area contributed by atoms with Gasteiger partial charge >= 0.3 is 12.0 Å². The minimum absolute atomic E-state index is 0.0221. The third kappa shape index (κ3) is 3.85. The number of benzene rings is 1. The van der Waals surface area contributed by atoms with Crippen molar-refractivity contribution in [2.45, 2.75) is 52.1 Å². The molecular formula is C20H25N3O5. The summed E-state index contributed by atoms with van der Waals surface area (Å²) in [6, 6.07) is 5.34. The Morgan fingerprint density at radius 2 is 1.82 bits per heavy atom. The number of carbonyl (C=O) groups is 4. The van der Waals surface area contributed by atoms with Crippen molar-refractivity contribution in [1.82, 2.24) is 10.2 Å². The largest absolute Gasteiger partial charge is 0.481 e.